The third-order valence-corrected chi connectivity index (χ3v) is 7.37. The van der Waals surface area contributed by atoms with Crippen molar-refractivity contribution >= 4 is 40.8 Å². The Morgan fingerprint density at radius 2 is 1.97 bits per heavy atom. The van der Waals surface area contributed by atoms with Gasteiger partial charge in [-0.25, -0.2) is 4.98 Å². The summed E-state index contributed by atoms with van der Waals surface area (Å²) in [4.78, 5) is 17.8. The second kappa shape index (κ2) is 8.77. The Bertz CT molecular complexity index is 1580. The van der Waals surface area contributed by atoms with Gasteiger partial charge in [-0.05, 0) is 74.5 Å². The zero-order valence-electron chi connectivity index (χ0n) is 20.4. The Morgan fingerprint density at radius 1 is 1.17 bits per heavy atom. The highest BCUT2D eigenvalue weighted by molar-refractivity contribution is 6.61. The van der Waals surface area contributed by atoms with Crippen LogP contribution in [0, 0.1) is 13.8 Å². The number of nitrogens with one attached hydrogen (secondary N) is 1. The van der Waals surface area contributed by atoms with Crippen molar-refractivity contribution in [2.45, 2.75) is 52.2 Å². The second-order valence-electron chi connectivity index (χ2n) is 9.90. The van der Waals surface area contributed by atoms with Crippen LogP contribution in [0.1, 0.15) is 59.7 Å². The first-order valence-corrected chi connectivity index (χ1v) is 12.6. The Balaban J connectivity index is 1.42. The highest BCUT2D eigenvalue weighted by Crippen LogP contribution is 2.42. The van der Waals surface area contributed by atoms with E-state index >= 15 is 0 Å². The van der Waals surface area contributed by atoms with Gasteiger partial charge in [-0.2, -0.15) is 0 Å². The molecule has 6 nitrogen and oxygen atoms in total. The molecule has 1 saturated carbocycles. The Labute approximate surface area is 214 Å². The van der Waals surface area contributed by atoms with E-state index < -0.39 is 7.12 Å². The number of benzene rings is 2. The van der Waals surface area contributed by atoms with Gasteiger partial charge in [-0.3, -0.25) is 4.79 Å². The molecule has 0 spiro atoms. The van der Waals surface area contributed by atoms with Crippen LogP contribution in [0.3, 0.4) is 0 Å². The van der Waals surface area contributed by atoms with Crippen LogP contribution in [0.15, 0.2) is 51.7 Å². The number of aryl methyl sites for hydroxylation is 1. The summed E-state index contributed by atoms with van der Waals surface area (Å²) in [7, 11) is -0.896. The van der Waals surface area contributed by atoms with Crippen LogP contribution < -0.4 is 16.2 Å². The third kappa shape index (κ3) is 4.01. The number of pyridine rings is 1. The van der Waals surface area contributed by atoms with Crippen LogP contribution in [0.4, 0.5) is 5.69 Å². The molecule has 6 rings (SSSR count). The van der Waals surface area contributed by atoms with Gasteiger partial charge in [-0.15, -0.1) is 0 Å². The molecular formula is C28H26BClN2O4. The van der Waals surface area contributed by atoms with Gasteiger partial charge in [0.15, 0.2) is 5.43 Å². The number of anilines is 1. The number of rotatable bonds is 5. The Morgan fingerprint density at radius 3 is 2.75 bits per heavy atom. The number of nitrogens with zero attached hydrogens (tertiary/aromatic N) is 1. The highest BCUT2D eigenvalue weighted by Gasteiger charge is 2.31. The molecule has 182 valence electrons. The topological polar surface area (TPSA) is 84.6 Å². The Kier molecular flexibility index (Phi) is 5.67. The van der Waals surface area contributed by atoms with Crippen molar-refractivity contribution < 1.29 is 14.1 Å². The molecule has 2 aromatic heterocycles. The quantitative estimate of drug-likeness (QED) is 0.282. The average molecular weight is 501 g/mol. The number of aromatic nitrogens is 1. The van der Waals surface area contributed by atoms with E-state index in [1.165, 1.54) is 0 Å². The normalized spacial score (nSPS) is 15.9. The molecule has 1 atom stereocenters. The summed E-state index contributed by atoms with van der Waals surface area (Å²) in [5, 5.41) is 14.6. The van der Waals surface area contributed by atoms with E-state index in [1.54, 1.807) is 6.07 Å². The van der Waals surface area contributed by atoms with E-state index in [9.17, 15) is 9.82 Å². The molecule has 0 bridgehead atoms. The van der Waals surface area contributed by atoms with Gasteiger partial charge in [-0.1, -0.05) is 29.8 Å². The lowest BCUT2D eigenvalue weighted by molar-refractivity contribution is 0.275. The molecule has 3 heterocycles. The number of fused-ring (bicyclic) bond motifs is 2. The minimum atomic E-state index is -0.896. The van der Waals surface area contributed by atoms with Crippen molar-refractivity contribution in [3.63, 3.8) is 0 Å². The molecule has 2 aliphatic rings. The van der Waals surface area contributed by atoms with Gasteiger partial charge < -0.3 is 19.4 Å². The molecule has 2 aromatic carbocycles. The fourth-order valence-corrected chi connectivity index (χ4v) is 5.25. The molecule has 4 aromatic rings. The SMILES string of the molecule is Cc1cc([C@H](C)Nc2ccc(Cl)nc2-c2ccc3c(c2)COB3O)c2oc(C3CC3)c(C)c(=O)c2c1. The Hall–Kier alpha value is -3.13. The summed E-state index contributed by atoms with van der Waals surface area (Å²) in [5.74, 6) is 1.16. The van der Waals surface area contributed by atoms with Crippen molar-refractivity contribution in [1.29, 1.82) is 0 Å². The van der Waals surface area contributed by atoms with Crippen LogP contribution in [-0.2, 0) is 11.3 Å². The van der Waals surface area contributed by atoms with Gasteiger partial charge in [0.25, 0.3) is 0 Å². The van der Waals surface area contributed by atoms with Crippen molar-refractivity contribution in [1.82, 2.24) is 4.98 Å². The second-order valence-corrected chi connectivity index (χ2v) is 10.3. The number of halogens is 1. The molecule has 36 heavy (non-hydrogen) atoms. The number of hydrogen-bond donors (Lipinski definition) is 2. The first-order valence-electron chi connectivity index (χ1n) is 12.2. The highest BCUT2D eigenvalue weighted by atomic mass is 35.5. The van der Waals surface area contributed by atoms with Gasteiger partial charge in [0.2, 0.25) is 0 Å². The summed E-state index contributed by atoms with van der Waals surface area (Å²) in [6.45, 7) is 6.27. The first-order chi connectivity index (χ1) is 17.3. The maximum absolute atomic E-state index is 13.2. The fraction of sp³-hybridized carbons (Fsp3) is 0.286. The lowest BCUT2D eigenvalue weighted by Crippen LogP contribution is -2.27. The standard InChI is InChI=1S/C28H26BClN2O4/c1-14-10-20(28-21(11-14)26(33)15(2)27(36-28)17-4-5-17)16(3)31-23-8-9-24(30)32-25(23)18-6-7-22-19(12-18)13-35-29(22)34/h6-12,16-17,31,34H,4-5,13H2,1-3H3/t16-/m0/s1. The summed E-state index contributed by atoms with van der Waals surface area (Å²) < 4.78 is 11.8. The zero-order valence-corrected chi connectivity index (χ0v) is 21.1. The maximum atomic E-state index is 13.2. The monoisotopic (exact) mass is 500 g/mol. The molecule has 1 aliphatic carbocycles. The smallest absolute Gasteiger partial charge is 0.460 e. The molecule has 2 N–H and O–H groups in total. The van der Waals surface area contributed by atoms with Crippen LogP contribution in [0.5, 0.6) is 0 Å². The van der Waals surface area contributed by atoms with Gasteiger partial charge >= 0.3 is 7.12 Å². The molecule has 8 heteroatoms. The van der Waals surface area contributed by atoms with Crippen molar-refractivity contribution in [3.8, 4) is 11.3 Å². The van der Waals surface area contributed by atoms with E-state index in [0.717, 1.165) is 57.6 Å². The van der Waals surface area contributed by atoms with Crippen molar-refractivity contribution in [2.24, 2.45) is 0 Å². The minimum absolute atomic E-state index is 0.0479. The maximum Gasteiger partial charge on any atom is 0.491 e. The molecule has 1 aliphatic heterocycles. The van der Waals surface area contributed by atoms with Crippen LogP contribution in [0.25, 0.3) is 22.2 Å². The zero-order chi connectivity index (χ0) is 25.1. The van der Waals surface area contributed by atoms with E-state index in [0.29, 0.717) is 34.3 Å². The van der Waals surface area contributed by atoms with Crippen molar-refractivity contribution in [3.05, 3.63) is 85.9 Å². The summed E-state index contributed by atoms with van der Waals surface area (Å²) in [5.41, 5.74) is 7.41. The molecule has 1 fully saturated rings. The van der Waals surface area contributed by atoms with Crippen LogP contribution in [-0.4, -0.2) is 17.1 Å². The molecule has 0 amide bonds. The van der Waals surface area contributed by atoms with E-state index in [-0.39, 0.29) is 11.5 Å². The lowest BCUT2D eigenvalue weighted by Gasteiger charge is -2.20. The minimum Gasteiger partial charge on any atom is -0.460 e. The van der Waals surface area contributed by atoms with E-state index in [4.69, 9.17) is 20.7 Å². The van der Waals surface area contributed by atoms with Gasteiger partial charge in [0, 0.05) is 22.6 Å². The molecule has 0 unspecified atom stereocenters. The molecule has 0 saturated heterocycles. The average Bonchev–Trinajstić information content (AvgIpc) is 3.64. The van der Waals surface area contributed by atoms with Crippen molar-refractivity contribution in [2.75, 3.05) is 5.32 Å². The van der Waals surface area contributed by atoms with Crippen LogP contribution in [0.2, 0.25) is 5.15 Å². The van der Waals surface area contributed by atoms with Gasteiger partial charge in [0.05, 0.1) is 29.4 Å². The lowest BCUT2D eigenvalue weighted by atomic mass is 9.79. The first kappa shape index (κ1) is 23.3. The summed E-state index contributed by atoms with van der Waals surface area (Å²) in [6, 6.07) is 13.2. The van der Waals surface area contributed by atoms with Crippen LogP contribution >= 0.6 is 11.6 Å². The molecular weight excluding hydrogens is 475 g/mol. The summed E-state index contributed by atoms with van der Waals surface area (Å²) >= 11 is 6.29. The summed E-state index contributed by atoms with van der Waals surface area (Å²) in [6.07, 6.45) is 2.12. The number of hydrogen-bond acceptors (Lipinski definition) is 6. The molecule has 0 radical (unpaired) electrons. The largest absolute Gasteiger partial charge is 0.491 e. The predicted molar refractivity (Wildman–Crippen MR) is 143 cm³/mol. The fourth-order valence-electron chi connectivity index (χ4n) is 5.10. The van der Waals surface area contributed by atoms with Gasteiger partial charge in [0.1, 0.15) is 16.5 Å². The van der Waals surface area contributed by atoms with E-state index in [1.807, 2.05) is 44.2 Å². The van der Waals surface area contributed by atoms with E-state index in [2.05, 4.69) is 23.3 Å². The predicted octanol–water partition coefficient (Wildman–Crippen LogP) is 5.39. The third-order valence-electron chi connectivity index (χ3n) is 7.16.